The van der Waals surface area contributed by atoms with E-state index in [2.05, 4.69) is 26.1 Å². The number of rotatable bonds is 4. The van der Waals surface area contributed by atoms with Crippen LogP contribution in [0.3, 0.4) is 0 Å². The first-order valence-electron chi connectivity index (χ1n) is 8.43. The fourth-order valence-electron chi connectivity index (χ4n) is 2.84. The van der Waals surface area contributed by atoms with E-state index >= 15 is 0 Å². The van der Waals surface area contributed by atoms with Gasteiger partial charge in [-0.05, 0) is 36.0 Å². The normalized spacial score (nSPS) is 16.0. The van der Waals surface area contributed by atoms with Crippen molar-refractivity contribution in [1.29, 1.82) is 0 Å². The van der Waals surface area contributed by atoms with Gasteiger partial charge in [0.2, 0.25) is 0 Å². The predicted octanol–water partition coefficient (Wildman–Crippen LogP) is 3.59. The Kier molecular flexibility index (Phi) is 5.80. The number of hydrogen-bond donors (Lipinski definition) is 1. The van der Waals surface area contributed by atoms with Crippen LogP contribution in [0.25, 0.3) is 0 Å². The summed E-state index contributed by atoms with van der Waals surface area (Å²) in [6.45, 7) is 6.15. The molecule has 4 heteroatoms. The number of carbonyl (C=O) groups is 2. The Morgan fingerprint density at radius 3 is 2.26 bits per heavy atom. The molecule has 1 fully saturated rings. The van der Waals surface area contributed by atoms with Crippen molar-refractivity contribution in [3.63, 3.8) is 0 Å². The summed E-state index contributed by atoms with van der Waals surface area (Å²) in [5.74, 6) is -0.666. The molecule has 1 aromatic carbocycles. The van der Waals surface area contributed by atoms with E-state index < -0.39 is 5.97 Å². The van der Waals surface area contributed by atoms with Crippen LogP contribution < -0.4 is 5.32 Å². The Balaban J connectivity index is 1.81. The van der Waals surface area contributed by atoms with Crippen molar-refractivity contribution in [3.8, 4) is 0 Å². The maximum atomic E-state index is 12.0. The molecule has 4 nitrogen and oxygen atoms in total. The van der Waals surface area contributed by atoms with Gasteiger partial charge in [-0.2, -0.15) is 0 Å². The summed E-state index contributed by atoms with van der Waals surface area (Å²) >= 11 is 0. The molecule has 126 valence electrons. The zero-order valence-electron chi connectivity index (χ0n) is 14.4. The van der Waals surface area contributed by atoms with Gasteiger partial charge in [0, 0.05) is 6.04 Å². The molecule has 1 aliphatic rings. The van der Waals surface area contributed by atoms with Crippen LogP contribution in [0.5, 0.6) is 0 Å². The summed E-state index contributed by atoms with van der Waals surface area (Å²) in [6.07, 6.45) is 5.60. The largest absolute Gasteiger partial charge is 0.452 e. The second-order valence-electron chi connectivity index (χ2n) is 7.31. The number of esters is 1. The third-order valence-electron chi connectivity index (χ3n) is 4.29. The first-order chi connectivity index (χ1) is 10.9. The summed E-state index contributed by atoms with van der Waals surface area (Å²) in [4.78, 5) is 23.8. The first-order valence-corrected chi connectivity index (χ1v) is 8.43. The predicted molar refractivity (Wildman–Crippen MR) is 90.4 cm³/mol. The summed E-state index contributed by atoms with van der Waals surface area (Å²) in [6, 6.07) is 7.60. The zero-order chi connectivity index (χ0) is 16.9. The first kappa shape index (κ1) is 17.5. The highest BCUT2D eigenvalue weighted by atomic mass is 16.5. The molecule has 0 spiro atoms. The van der Waals surface area contributed by atoms with Crippen molar-refractivity contribution in [3.05, 3.63) is 35.4 Å². The van der Waals surface area contributed by atoms with Crippen LogP contribution in [-0.2, 0) is 14.9 Å². The molecular weight excluding hydrogens is 290 g/mol. The van der Waals surface area contributed by atoms with Crippen molar-refractivity contribution in [2.24, 2.45) is 0 Å². The monoisotopic (exact) mass is 317 g/mol. The van der Waals surface area contributed by atoms with Gasteiger partial charge in [-0.15, -0.1) is 0 Å². The molecule has 0 saturated heterocycles. The van der Waals surface area contributed by atoms with Crippen molar-refractivity contribution in [1.82, 2.24) is 5.32 Å². The number of ether oxygens (including phenoxy) is 1. The SMILES string of the molecule is CC(C)(C)c1ccc(C(=O)OCC(=O)NC2CCCCC2)cc1. The van der Waals surface area contributed by atoms with E-state index in [0.29, 0.717) is 5.56 Å². The minimum absolute atomic E-state index is 0.0440. The highest BCUT2D eigenvalue weighted by molar-refractivity contribution is 5.91. The summed E-state index contributed by atoms with van der Waals surface area (Å²) in [5, 5.41) is 2.94. The average Bonchev–Trinajstić information content (AvgIpc) is 2.53. The smallest absolute Gasteiger partial charge is 0.338 e. The second-order valence-corrected chi connectivity index (χ2v) is 7.31. The molecule has 1 aliphatic carbocycles. The Morgan fingerprint density at radius 1 is 1.09 bits per heavy atom. The summed E-state index contributed by atoms with van der Waals surface area (Å²) in [5.41, 5.74) is 1.68. The van der Waals surface area contributed by atoms with Gasteiger partial charge in [0.1, 0.15) is 0 Å². The summed E-state index contributed by atoms with van der Waals surface area (Å²) in [7, 11) is 0. The van der Waals surface area contributed by atoms with Crippen LogP contribution in [0, 0.1) is 0 Å². The van der Waals surface area contributed by atoms with Crippen LogP contribution >= 0.6 is 0 Å². The average molecular weight is 317 g/mol. The molecule has 2 rings (SSSR count). The van der Waals surface area contributed by atoms with Crippen molar-refractivity contribution in [2.75, 3.05) is 6.61 Å². The Hall–Kier alpha value is -1.84. The number of hydrogen-bond acceptors (Lipinski definition) is 3. The van der Waals surface area contributed by atoms with Crippen molar-refractivity contribution in [2.45, 2.75) is 64.3 Å². The number of amides is 1. The van der Waals surface area contributed by atoms with E-state index in [4.69, 9.17) is 4.74 Å². The van der Waals surface area contributed by atoms with Gasteiger partial charge in [-0.3, -0.25) is 4.79 Å². The van der Waals surface area contributed by atoms with Crippen molar-refractivity contribution >= 4 is 11.9 Å². The maximum absolute atomic E-state index is 12.0. The molecule has 1 amide bonds. The topological polar surface area (TPSA) is 55.4 Å². The van der Waals surface area contributed by atoms with Crippen molar-refractivity contribution < 1.29 is 14.3 Å². The molecule has 0 aromatic heterocycles. The van der Waals surface area contributed by atoms with E-state index in [1.165, 1.54) is 6.42 Å². The lowest BCUT2D eigenvalue weighted by Gasteiger charge is -2.22. The molecule has 0 radical (unpaired) electrons. The second kappa shape index (κ2) is 7.62. The lowest BCUT2D eigenvalue weighted by molar-refractivity contribution is -0.125. The van der Waals surface area contributed by atoms with E-state index in [9.17, 15) is 9.59 Å². The molecule has 0 aliphatic heterocycles. The van der Waals surface area contributed by atoms with Crippen LogP contribution in [-0.4, -0.2) is 24.5 Å². The van der Waals surface area contributed by atoms with Gasteiger partial charge in [-0.25, -0.2) is 4.79 Å². The van der Waals surface area contributed by atoms with E-state index in [1.54, 1.807) is 12.1 Å². The lowest BCUT2D eigenvalue weighted by Crippen LogP contribution is -2.38. The molecule has 1 aromatic rings. The van der Waals surface area contributed by atoms with E-state index in [1.807, 2.05) is 12.1 Å². The highest BCUT2D eigenvalue weighted by Crippen LogP contribution is 2.22. The minimum atomic E-state index is -0.454. The molecule has 0 unspecified atom stereocenters. The molecule has 23 heavy (non-hydrogen) atoms. The van der Waals surface area contributed by atoms with E-state index in [0.717, 1.165) is 31.2 Å². The van der Waals surface area contributed by atoms with Gasteiger partial charge in [0.25, 0.3) is 5.91 Å². The van der Waals surface area contributed by atoms with E-state index in [-0.39, 0.29) is 24.0 Å². The fourth-order valence-corrected chi connectivity index (χ4v) is 2.84. The number of benzene rings is 1. The lowest BCUT2D eigenvalue weighted by atomic mass is 9.87. The Bertz CT molecular complexity index is 537. The third kappa shape index (κ3) is 5.38. The molecule has 0 heterocycles. The molecule has 1 N–H and O–H groups in total. The Labute approximate surface area is 138 Å². The van der Waals surface area contributed by atoms with Crippen LogP contribution in [0.1, 0.15) is 68.8 Å². The van der Waals surface area contributed by atoms with Gasteiger partial charge in [0.15, 0.2) is 6.61 Å². The number of carbonyl (C=O) groups excluding carboxylic acids is 2. The standard InChI is InChI=1S/C19H27NO3/c1-19(2,3)15-11-9-14(10-12-15)18(22)23-13-17(21)20-16-7-5-4-6-8-16/h9-12,16H,4-8,13H2,1-3H3,(H,20,21). The minimum Gasteiger partial charge on any atom is -0.452 e. The third-order valence-corrected chi connectivity index (χ3v) is 4.29. The number of nitrogens with one attached hydrogen (secondary N) is 1. The van der Waals surface area contributed by atoms with Crippen LogP contribution in [0.4, 0.5) is 0 Å². The van der Waals surface area contributed by atoms with Gasteiger partial charge < -0.3 is 10.1 Å². The van der Waals surface area contributed by atoms with Gasteiger partial charge in [0.05, 0.1) is 5.56 Å². The zero-order valence-corrected chi connectivity index (χ0v) is 14.4. The summed E-state index contributed by atoms with van der Waals surface area (Å²) < 4.78 is 5.11. The molecule has 0 bridgehead atoms. The molecule has 1 saturated carbocycles. The quantitative estimate of drug-likeness (QED) is 0.863. The fraction of sp³-hybridized carbons (Fsp3) is 0.579. The maximum Gasteiger partial charge on any atom is 0.338 e. The molecule has 0 atom stereocenters. The van der Waals surface area contributed by atoms with Gasteiger partial charge >= 0.3 is 5.97 Å². The van der Waals surface area contributed by atoms with Crippen LogP contribution in [0.15, 0.2) is 24.3 Å². The van der Waals surface area contributed by atoms with Gasteiger partial charge in [-0.1, -0.05) is 52.2 Å². The Morgan fingerprint density at radius 2 is 1.70 bits per heavy atom. The highest BCUT2D eigenvalue weighted by Gasteiger charge is 2.18. The van der Waals surface area contributed by atoms with Crippen LogP contribution in [0.2, 0.25) is 0 Å². The molecular formula is C19H27NO3.